The minimum atomic E-state index is -0.470. The van der Waals surface area contributed by atoms with Crippen LogP contribution in [-0.4, -0.2) is 11.1 Å². The maximum Gasteiger partial charge on any atom is 0.412 e. The van der Waals surface area contributed by atoms with Crippen LogP contribution in [0.2, 0.25) is 0 Å². The van der Waals surface area contributed by atoms with Crippen LogP contribution in [0.25, 0.3) is 21.8 Å². The van der Waals surface area contributed by atoms with Crippen LogP contribution >= 0.6 is 11.3 Å². The molecular weight excluding hydrogens is 368 g/mol. The van der Waals surface area contributed by atoms with Gasteiger partial charge >= 0.3 is 6.09 Å². The van der Waals surface area contributed by atoms with Crippen LogP contribution in [0.1, 0.15) is 5.56 Å². The molecule has 1 N–H and O–H groups in total. The second-order valence-electron chi connectivity index (χ2n) is 6.16. The van der Waals surface area contributed by atoms with Crippen LogP contribution in [0, 0.1) is 0 Å². The van der Waals surface area contributed by atoms with E-state index >= 15 is 0 Å². The van der Waals surface area contributed by atoms with Crippen molar-refractivity contribution in [2.75, 3.05) is 0 Å². The van der Waals surface area contributed by atoms with Crippen LogP contribution in [0.15, 0.2) is 90.3 Å². The second-order valence-corrected chi connectivity index (χ2v) is 7.02. The van der Waals surface area contributed by atoms with Gasteiger partial charge in [-0.25, -0.2) is 9.78 Å². The molecule has 0 aliphatic rings. The van der Waals surface area contributed by atoms with Gasteiger partial charge in [0.1, 0.15) is 10.8 Å². The van der Waals surface area contributed by atoms with Crippen LogP contribution in [0.5, 0.6) is 5.75 Å². The van der Waals surface area contributed by atoms with Gasteiger partial charge in [-0.2, -0.15) is 0 Å². The number of hydrogen-bond acceptors (Lipinski definition) is 4. The first kappa shape index (κ1) is 17.9. The van der Waals surface area contributed by atoms with Gasteiger partial charge in [-0.1, -0.05) is 72.8 Å². The predicted octanol–water partition coefficient (Wildman–Crippen LogP) is 5.77. The van der Waals surface area contributed by atoms with Crippen molar-refractivity contribution in [2.45, 2.75) is 6.54 Å². The molecule has 1 amide bonds. The van der Waals surface area contributed by atoms with Crippen molar-refractivity contribution < 1.29 is 9.53 Å². The van der Waals surface area contributed by atoms with Gasteiger partial charge in [0.2, 0.25) is 0 Å². The number of carbonyl (C=O) groups excluding carboxylic acids is 1. The molecule has 0 spiro atoms. The minimum Gasteiger partial charge on any atom is -0.410 e. The van der Waals surface area contributed by atoms with Crippen molar-refractivity contribution in [2.24, 2.45) is 0 Å². The molecule has 0 unspecified atom stereocenters. The largest absolute Gasteiger partial charge is 0.412 e. The highest BCUT2D eigenvalue weighted by Crippen LogP contribution is 2.28. The van der Waals surface area contributed by atoms with Gasteiger partial charge in [-0.3, -0.25) is 0 Å². The van der Waals surface area contributed by atoms with E-state index in [-0.39, 0.29) is 0 Å². The number of aromatic nitrogens is 1. The number of thiazole rings is 1. The quantitative estimate of drug-likeness (QED) is 0.474. The Bertz CT molecular complexity index is 1040. The lowest BCUT2D eigenvalue weighted by Gasteiger charge is -2.07. The van der Waals surface area contributed by atoms with Crippen molar-refractivity contribution in [3.8, 4) is 27.6 Å². The molecule has 1 heterocycles. The summed E-state index contributed by atoms with van der Waals surface area (Å²) in [5.41, 5.74) is 4.15. The Kier molecular flexibility index (Phi) is 5.45. The average molecular weight is 386 g/mol. The van der Waals surface area contributed by atoms with E-state index in [2.05, 4.69) is 22.8 Å². The number of benzene rings is 3. The molecule has 0 saturated carbocycles. The number of carbonyl (C=O) groups is 1. The fraction of sp³-hybridized carbons (Fsp3) is 0.0435. The van der Waals surface area contributed by atoms with Gasteiger partial charge in [0.05, 0.1) is 5.69 Å². The summed E-state index contributed by atoms with van der Waals surface area (Å²) in [6.07, 6.45) is -0.470. The Morgan fingerprint density at radius 3 is 2.25 bits per heavy atom. The molecular formula is C23H18N2O2S. The zero-order valence-corrected chi connectivity index (χ0v) is 15.9. The first-order valence-corrected chi connectivity index (χ1v) is 9.77. The van der Waals surface area contributed by atoms with E-state index in [0.717, 1.165) is 27.4 Å². The summed E-state index contributed by atoms with van der Waals surface area (Å²) in [5.74, 6) is 0.522. The Labute approximate surface area is 167 Å². The highest BCUT2D eigenvalue weighted by molar-refractivity contribution is 7.13. The predicted molar refractivity (Wildman–Crippen MR) is 112 cm³/mol. The molecule has 1 aromatic heterocycles. The summed E-state index contributed by atoms with van der Waals surface area (Å²) < 4.78 is 5.22. The van der Waals surface area contributed by atoms with E-state index < -0.39 is 6.09 Å². The molecule has 0 saturated heterocycles. The van der Waals surface area contributed by atoms with Crippen LogP contribution in [-0.2, 0) is 6.54 Å². The molecule has 0 aliphatic heterocycles. The lowest BCUT2D eigenvalue weighted by Crippen LogP contribution is -2.26. The van der Waals surface area contributed by atoms with Crippen LogP contribution in [0.4, 0.5) is 4.79 Å². The lowest BCUT2D eigenvalue weighted by molar-refractivity contribution is 0.200. The molecule has 28 heavy (non-hydrogen) atoms. The SMILES string of the molecule is O=C(NCc1ccc(-c2nc(-c3ccccc3)cs2)cc1)Oc1ccccc1. The number of rotatable bonds is 5. The van der Waals surface area contributed by atoms with Gasteiger partial charge < -0.3 is 10.1 Å². The molecule has 4 rings (SSSR count). The summed E-state index contributed by atoms with van der Waals surface area (Å²) >= 11 is 1.62. The zero-order valence-electron chi connectivity index (χ0n) is 15.0. The number of ether oxygens (including phenoxy) is 1. The fourth-order valence-electron chi connectivity index (χ4n) is 2.72. The van der Waals surface area contributed by atoms with Gasteiger partial charge in [-0.05, 0) is 17.7 Å². The third-order valence-electron chi connectivity index (χ3n) is 4.17. The molecule has 0 atom stereocenters. The molecule has 4 nitrogen and oxygen atoms in total. The van der Waals surface area contributed by atoms with Crippen molar-refractivity contribution >= 4 is 17.4 Å². The summed E-state index contributed by atoms with van der Waals surface area (Å²) in [4.78, 5) is 16.6. The topological polar surface area (TPSA) is 51.2 Å². The number of para-hydroxylation sites is 1. The third kappa shape index (κ3) is 4.45. The Morgan fingerprint density at radius 1 is 0.857 bits per heavy atom. The summed E-state index contributed by atoms with van der Waals surface area (Å²) in [6, 6.07) is 27.2. The maximum atomic E-state index is 11.9. The molecule has 0 fully saturated rings. The van der Waals surface area contributed by atoms with E-state index in [0.29, 0.717) is 12.3 Å². The number of hydrogen-bond donors (Lipinski definition) is 1. The molecule has 0 radical (unpaired) electrons. The van der Waals surface area contributed by atoms with Gasteiger partial charge in [0.25, 0.3) is 0 Å². The highest BCUT2D eigenvalue weighted by Gasteiger charge is 2.07. The number of nitrogens with zero attached hydrogens (tertiary/aromatic N) is 1. The van der Waals surface area contributed by atoms with Crippen LogP contribution in [0.3, 0.4) is 0 Å². The normalized spacial score (nSPS) is 10.4. The molecule has 138 valence electrons. The first-order valence-electron chi connectivity index (χ1n) is 8.89. The van der Waals surface area contributed by atoms with Crippen molar-refractivity contribution in [1.29, 1.82) is 0 Å². The van der Waals surface area contributed by atoms with Crippen molar-refractivity contribution in [3.63, 3.8) is 0 Å². The smallest absolute Gasteiger partial charge is 0.410 e. The molecule has 0 bridgehead atoms. The first-order chi connectivity index (χ1) is 13.8. The molecule has 3 aromatic carbocycles. The maximum absolute atomic E-state index is 11.9. The third-order valence-corrected chi connectivity index (χ3v) is 5.06. The van der Waals surface area contributed by atoms with Gasteiger partial charge in [0.15, 0.2) is 0 Å². The Balaban J connectivity index is 1.36. The Hall–Kier alpha value is -3.44. The summed E-state index contributed by atoms with van der Waals surface area (Å²) in [5, 5.41) is 5.80. The Morgan fingerprint density at radius 2 is 1.54 bits per heavy atom. The van der Waals surface area contributed by atoms with Crippen molar-refractivity contribution in [1.82, 2.24) is 10.3 Å². The molecule has 5 heteroatoms. The van der Waals surface area contributed by atoms with E-state index in [9.17, 15) is 4.79 Å². The summed E-state index contributed by atoms with van der Waals surface area (Å²) in [6.45, 7) is 0.402. The standard InChI is InChI=1S/C23H18N2O2S/c26-23(27-20-9-5-2-6-10-20)24-15-17-11-13-19(14-12-17)22-25-21(16-28-22)18-7-3-1-4-8-18/h1-14,16H,15H2,(H,24,26). The van der Waals surface area contributed by atoms with E-state index in [1.807, 2.05) is 60.7 Å². The summed E-state index contributed by atoms with van der Waals surface area (Å²) in [7, 11) is 0. The lowest BCUT2D eigenvalue weighted by atomic mass is 10.1. The fourth-order valence-corrected chi connectivity index (χ4v) is 3.55. The van der Waals surface area contributed by atoms with E-state index in [1.54, 1.807) is 23.5 Å². The highest BCUT2D eigenvalue weighted by atomic mass is 32.1. The number of amides is 1. The molecule has 0 aliphatic carbocycles. The van der Waals surface area contributed by atoms with Crippen molar-refractivity contribution in [3.05, 3.63) is 95.9 Å². The monoisotopic (exact) mass is 386 g/mol. The van der Waals surface area contributed by atoms with Gasteiger partial charge in [0, 0.05) is 23.1 Å². The molecule has 4 aromatic rings. The van der Waals surface area contributed by atoms with E-state index in [4.69, 9.17) is 9.72 Å². The van der Waals surface area contributed by atoms with Gasteiger partial charge in [-0.15, -0.1) is 11.3 Å². The van der Waals surface area contributed by atoms with Crippen LogP contribution < -0.4 is 10.1 Å². The minimum absolute atomic E-state index is 0.402. The second kappa shape index (κ2) is 8.50. The van der Waals surface area contributed by atoms with E-state index in [1.165, 1.54) is 0 Å². The zero-order chi connectivity index (χ0) is 19.2. The number of nitrogens with one attached hydrogen (secondary N) is 1. The average Bonchev–Trinajstić information content (AvgIpc) is 3.24.